The van der Waals surface area contributed by atoms with Crippen LogP contribution in [0.4, 0.5) is 17.1 Å². The number of methoxy groups -OCH3 is 1. The number of nitrogens with one attached hydrogen (secondary N) is 1. The molecule has 16 nitrogen and oxygen atoms in total. The third kappa shape index (κ3) is 7.63. The summed E-state index contributed by atoms with van der Waals surface area (Å²) in [7, 11) is 3.33. The Hall–Kier alpha value is -5.35. The van der Waals surface area contributed by atoms with E-state index in [0.717, 1.165) is 118 Å². The van der Waals surface area contributed by atoms with Crippen LogP contribution < -0.4 is 19.9 Å². The van der Waals surface area contributed by atoms with Gasteiger partial charge < -0.3 is 24.3 Å². The number of imide groups is 2. The maximum Gasteiger partial charge on any atom is 0.311 e. The number of nitrogens with zero attached hydrogens (tertiary/aromatic N) is 8. The van der Waals surface area contributed by atoms with Crippen LogP contribution in [0.3, 0.4) is 0 Å². The Morgan fingerprint density at radius 1 is 0.867 bits per heavy atom. The summed E-state index contributed by atoms with van der Waals surface area (Å²) >= 11 is 0. The number of ether oxygens (including phenoxy) is 1. The number of piperidine rings is 5. The van der Waals surface area contributed by atoms with Crippen molar-refractivity contribution in [3.05, 3.63) is 64.0 Å². The summed E-state index contributed by atoms with van der Waals surface area (Å²) in [6.07, 6.45) is 13.0. The molecule has 1 N–H and O–H groups in total. The molecule has 0 aliphatic carbocycles. The molecule has 5 fully saturated rings. The minimum atomic E-state index is -0.963. The minimum Gasteiger partial charge on any atom is -0.490 e. The molecule has 6 aliphatic rings. The monoisotopic (exact) mass is 821 g/mol. The van der Waals surface area contributed by atoms with Crippen molar-refractivity contribution in [1.29, 1.82) is 0 Å². The number of hydrogen-bond donors (Lipinski definition) is 1. The Morgan fingerprint density at radius 2 is 1.62 bits per heavy atom. The van der Waals surface area contributed by atoms with E-state index in [4.69, 9.17) is 4.74 Å². The number of fused-ring (bicyclic) bond motifs is 1. The largest absolute Gasteiger partial charge is 0.490 e. The van der Waals surface area contributed by atoms with E-state index in [1.165, 1.54) is 26.4 Å². The lowest BCUT2D eigenvalue weighted by Gasteiger charge is -2.49. The van der Waals surface area contributed by atoms with Crippen LogP contribution in [0.25, 0.3) is 11.1 Å². The predicted molar refractivity (Wildman–Crippen MR) is 224 cm³/mol. The zero-order valence-corrected chi connectivity index (χ0v) is 34.6. The third-order valence-electron chi connectivity index (χ3n) is 14.4. The Kier molecular flexibility index (Phi) is 10.9. The van der Waals surface area contributed by atoms with Crippen molar-refractivity contribution in [2.24, 2.45) is 18.4 Å². The number of anilines is 2. The van der Waals surface area contributed by atoms with Gasteiger partial charge in [-0.2, -0.15) is 5.10 Å². The van der Waals surface area contributed by atoms with Crippen LogP contribution in [0.5, 0.6) is 5.75 Å². The van der Waals surface area contributed by atoms with Crippen molar-refractivity contribution in [1.82, 2.24) is 29.8 Å². The molecule has 1 atom stereocenters. The van der Waals surface area contributed by atoms with E-state index in [1.807, 2.05) is 31.4 Å². The van der Waals surface area contributed by atoms with Gasteiger partial charge in [0.1, 0.15) is 6.04 Å². The predicted octanol–water partition coefficient (Wildman–Crippen LogP) is 4.47. The normalized spacial score (nSPS) is 23.4. The Bertz CT molecular complexity index is 2180. The standard InChI is InChI=1S/C44H55N9O7/c1-47-27-30(25-45-47)34-23-38(53(58)59)39(60-2)24-37(34)50-18-10-31(11-19-50)49-16-8-29(9-17-49)26-48-20-13-44(14-21-48)12-3-15-51(28-44)32-4-5-33-35(22-32)43(57)52(42(33)56)36-6-7-40(54)46-41(36)55/h4-5,22-25,27,29,31,36H,3,6-21,26,28H2,1-2H3,(H,46,54,55). The SMILES string of the molecule is COc1cc(N2CCC(N3CCC(CN4CCC5(CCCN(c6ccc7c(c6)C(=O)N(C6CCC(=O)NC6=O)C7=O)C5)CC4)CC3)CC2)c(-c2cnn(C)c2)cc1[N+](=O)[O-]. The summed E-state index contributed by atoms with van der Waals surface area (Å²) in [6.45, 7) is 9.16. The lowest BCUT2D eigenvalue weighted by molar-refractivity contribution is -0.385. The number of aromatic nitrogens is 2. The van der Waals surface area contributed by atoms with Crippen LogP contribution in [-0.2, 0) is 16.6 Å². The zero-order chi connectivity index (χ0) is 41.7. The molecule has 5 saturated heterocycles. The first kappa shape index (κ1) is 40.1. The number of carbonyl (C=O) groups is 4. The second-order valence-electron chi connectivity index (χ2n) is 17.9. The molecule has 0 bridgehead atoms. The lowest BCUT2D eigenvalue weighted by Crippen LogP contribution is -2.54. The average molecular weight is 822 g/mol. The molecule has 6 aliphatic heterocycles. The van der Waals surface area contributed by atoms with Gasteiger partial charge in [0.15, 0.2) is 5.75 Å². The number of carbonyl (C=O) groups excluding carboxylic acids is 4. The first-order valence-electron chi connectivity index (χ1n) is 21.7. The summed E-state index contributed by atoms with van der Waals surface area (Å²) in [5.41, 5.74) is 4.39. The maximum absolute atomic E-state index is 13.5. The van der Waals surface area contributed by atoms with Crippen LogP contribution in [0, 0.1) is 21.4 Å². The summed E-state index contributed by atoms with van der Waals surface area (Å²) in [4.78, 5) is 73.6. The molecule has 16 heteroatoms. The zero-order valence-electron chi connectivity index (χ0n) is 34.6. The van der Waals surface area contributed by atoms with Crippen LogP contribution in [0.15, 0.2) is 42.7 Å². The van der Waals surface area contributed by atoms with E-state index in [1.54, 1.807) is 23.0 Å². The summed E-state index contributed by atoms with van der Waals surface area (Å²) in [5.74, 6) is -0.936. The van der Waals surface area contributed by atoms with Crippen molar-refractivity contribution < 1.29 is 28.8 Å². The first-order valence-corrected chi connectivity index (χ1v) is 21.7. The number of aryl methyl sites for hydroxylation is 1. The molecule has 0 saturated carbocycles. The fourth-order valence-corrected chi connectivity index (χ4v) is 11.0. The molecule has 9 rings (SSSR count). The second-order valence-corrected chi connectivity index (χ2v) is 17.9. The Balaban J connectivity index is 0.754. The van der Waals surface area contributed by atoms with Gasteiger partial charge in [0.05, 0.1) is 29.4 Å². The third-order valence-corrected chi connectivity index (χ3v) is 14.4. The molecule has 1 spiro atoms. The molecule has 4 amide bonds. The van der Waals surface area contributed by atoms with Gasteiger partial charge in [0.25, 0.3) is 11.8 Å². The highest BCUT2D eigenvalue weighted by atomic mass is 16.6. The average Bonchev–Trinajstić information content (AvgIpc) is 3.80. The van der Waals surface area contributed by atoms with E-state index < -0.39 is 23.8 Å². The van der Waals surface area contributed by atoms with Gasteiger partial charge in [0, 0.05) is 93.1 Å². The number of hydrogen-bond acceptors (Lipinski definition) is 12. The lowest BCUT2D eigenvalue weighted by atomic mass is 9.72. The molecule has 0 radical (unpaired) electrons. The molecule has 60 heavy (non-hydrogen) atoms. The van der Waals surface area contributed by atoms with Crippen LogP contribution in [0.2, 0.25) is 0 Å². The summed E-state index contributed by atoms with van der Waals surface area (Å²) in [5, 5.41) is 18.5. The number of benzene rings is 2. The molecular formula is C44H55N9O7. The van der Waals surface area contributed by atoms with Crippen molar-refractivity contribution >= 4 is 40.7 Å². The van der Waals surface area contributed by atoms with E-state index in [0.29, 0.717) is 23.1 Å². The van der Waals surface area contributed by atoms with Crippen molar-refractivity contribution in [3.8, 4) is 16.9 Å². The molecule has 7 heterocycles. The number of nitro benzene ring substituents is 1. The highest BCUT2D eigenvalue weighted by Crippen LogP contribution is 2.44. The van der Waals surface area contributed by atoms with Crippen LogP contribution >= 0.6 is 0 Å². The van der Waals surface area contributed by atoms with E-state index in [-0.39, 0.29) is 40.5 Å². The molecule has 1 unspecified atom stereocenters. The van der Waals surface area contributed by atoms with Crippen LogP contribution in [0.1, 0.15) is 84.9 Å². The number of rotatable bonds is 9. The molecule has 2 aromatic carbocycles. The van der Waals surface area contributed by atoms with Gasteiger partial charge >= 0.3 is 5.69 Å². The molecule has 318 valence electrons. The van der Waals surface area contributed by atoms with Crippen molar-refractivity contribution in [3.63, 3.8) is 0 Å². The minimum absolute atomic E-state index is 0.0442. The van der Waals surface area contributed by atoms with Crippen molar-refractivity contribution in [2.45, 2.75) is 76.3 Å². The molecule has 3 aromatic rings. The maximum atomic E-state index is 13.5. The topological polar surface area (TPSA) is 167 Å². The van der Waals surface area contributed by atoms with Gasteiger partial charge in [-0.25, -0.2) is 0 Å². The van der Waals surface area contributed by atoms with Crippen molar-refractivity contribution in [2.75, 3.05) is 75.8 Å². The quantitative estimate of drug-likeness (QED) is 0.183. The highest BCUT2D eigenvalue weighted by molar-refractivity contribution is 6.23. The van der Waals surface area contributed by atoms with Gasteiger partial charge in [0.2, 0.25) is 11.8 Å². The Morgan fingerprint density at radius 3 is 2.30 bits per heavy atom. The number of likely N-dealkylation sites (tertiary alicyclic amines) is 2. The Labute approximate surface area is 349 Å². The van der Waals surface area contributed by atoms with Gasteiger partial charge in [-0.15, -0.1) is 0 Å². The van der Waals surface area contributed by atoms with Gasteiger partial charge in [-0.05, 0) is 113 Å². The van der Waals surface area contributed by atoms with Crippen LogP contribution in [-0.4, -0.2) is 131 Å². The number of amides is 4. The summed E-state index contributed by atoms with van der Waals surface area (Å²) < 4.78 is 7.18. The van der Waals surface area contributed by atoms with Gasteiger partial charge in [-0.1, -0.05) is 0 Å². The second kappa shape index (κ2) is 16.3. The highest BCUT2D eigenvalue weighted by Gasteiger charge is 2.45. The fourth-order valence-electron chi connectivity index (χ4n) is 11.0. The summed E-state index contributed by atoms with van der Waals surface area (Å²) in [6, 6.07) is 8.52. The first-order chi connectivity index (χ1) is 29.0. The van der Waals surface area contributed by atoms with E-state index in [9.17, 15) is 29.3 Å². The fraction of sp³-hybridized carbons (Fsp3) is 0.568. The smallest absolute Gasteiger partial charge is 0.311 e. The van der Waals surface area contributed by atoms with Gasteiger partial charge in [-0.3, -0.25) is 44.2 Å². The van der Waals surface area contributed by atoms with E-state index >= 15 is 0 Å². The number of nitro groups is 1. The van der Waals surface area contributed by atoms with E-state index in [2.05, 4.69) is 30.0 Å². The molecule has 1 aromatic heterocycles. The molecular weight excluding hydrogens is 767 g/mol.